The van der Waals surface area contributed by atoms with Gasteiger partial charge in [0.15, 0.2) is 0 Å². The monoisotopic (exact) mass is 562 g/mol. The first kappa shape index (κ1) is 28.1. The molecule has 0 N–H and O–H groups in total. The van der Waals surface area contributed by atoms with E-state index >= 15 is 0 Å². The zero-order chi connectivity index (χ0) is 29.0. The van der Waals surface area contributed by atoms with Crippen LogP contribution in [0.5, 0.6) is 0 Å². The molecule has 5 rings (SSSR count). The number of carbonyl (C=O) groups is 2. The summed E-state index contributed by atoms with van der Waals surface area (Å²) in [5.74, 6) is -2.39. The third-order valence-corrected chi connectivity index (χ3v) is 7.78. The van der Waals surface area contributed by atoms with Gasteiger partial charge in [0.25, 0.3) is 0 Å². The van der Waals surface area contributed by atoms with Gasteiger partial charge in [-0.3, -0.25) is 4.79 Å². The quantitative estimate of drug-likeness (QED) is 0.265. The van der Waals surface area contributed by atoms with Crippen molar-refractivity contribution in [3.05, 3.63) is 65.2 Å². The average Bonchev–Trinajstić information content (AvgIpc) is 3.59. The fourth-order valence-corrected chi connectivity index (χ4v) is 6.17. The lowest BCUT2D eigenvalue weighted by atomic mass is 9.76. The predicted octanol–water partition coefficient (Wildman–Crippen LogP) is 6.59. The maximum absolute atomic E-state index is 14.0. The maximum Gasteiger partial charge on any atom is 0.420 e. The van der Waals surface area contributed by atoms with E-state index in [-0.39, 0.29) is 17.6 Å². The highest BCUT2D eigenvalue weighted by atomic mass is 19.4. The van der Waals surface area contributed by atoms with E-state index in [1.165, 1.54) is 19.2 Å². The van der Waals surface area contributed by atoms with Crippen LogP contribution >= 0.6 is 0 Å². The van der Waals surface area contributed by atoms with Gasteiger partial charge in [0.2, 0.25) is 0 Å². The lowest BCUT2D eigenvalue weighted by Gasteiger charge is -2.33. The van der Waals surface area contributed by atoms with E-state index in [1.807, 2.05) is 0 Å². The van der Waals surface area contributed by atoms with E-state index in [0.717, 1.165) is 23.0 Å². The molecule has 40 heavy (non-hydrogen) atoms. The van der Waals surface area contributed by atoms with Gasteiger partial charge in [-0.15, -0.1) is 0 Å². The molecule has 2 fully saturated rings. The van der Waals surface area contributed by atoms with E-state index in [2.05, 4.69) is 4.98 Å². The molecule has 2 aromatic carbocycles. The van der Waals surface area contributed by atoms with Crippen LogP contribution in [-0.4, -0.2) is 46.5 Å². The van der Waals surface area contributed by atoms with Gasteiger partial charge >= 0.3 is 18.2 Å². The second-order valence-electron chi connectivity index (χ2n) is 11.5. The van der Waals surface area contributed by atoms with Crippen molar-refractivity contribution in [3.63, 3.8) is 0 Å². The first-order valence-electron chi connectivity index (χ1n) is 13.0. The molecule has 4 atom stereocenters. The Hall–Kier alpha value is -3.47. The first-order chi connectivity index (χ1) is 18.7. The molecule has 0 bridgehead atoms. The molecule has 4 unspecified atom stereocenters. The van der Waals surface area contributed by atoms with Gasteiger partial charge in [0.05, 0.1) is 41.8 Å². The number of nitrogens with zero attached hydrogens (tertiary/aromatic N) is 2. The number of hydrogen-bond donors (Lipinski definition) is 0. The molecule has 1 aromatic heterocycles. The Kier molecular flexibility index (Phi) is 6.92. The number of carbonyl (C=O) groups excluding carboxylic acids is 2. The Bertz CT molecular complexity index is 1440. The minimum absolute atomic E-state index is 0.0195. The van der Waals surface area contributed by atoms with Crippen molar-refractivity contribution in [1.29, 1.82) is 0 Å². The van der Waals surface area contributed by atoms with E-state index in [0.29, 0.717) is 30.4 Å². The van der Waals surface area contributed by atoms with Crippen LogP contribution in [-0.2, 0) is 25.2 Å². The summed E-state index contributed by atoms with van der Waals surface area (Å²) < 4.78 is 73.6. The van der Waals surface area contributed by atoms with Gasteiger partial charge in [-0.25, -0.2) is 18.7 Å². The summed E-state index contributed by atoms with van der Waals surface area (Å²) >= 11 is 0. The third-order valence-electron chi connectivity index (χ3n) is 7.78. The molecule has 1 spiro atoms. The summed E-state index contributed by atoms with van der Waals surface area (Å²) in [5.41, 5.74) is -1.45. The number of ether oxygens (including phenoxy) is 3. The van der Waals surface area contributed by atoms with Gasteiger partial charge in [-0.2, -0.15) is 13.2 Å². The number of benzene rings is 2. The van der Waals surface area contributed by atoms with Crippen molar-refractivity contribution in [3.8, 4) is 0 Å². The van der Waals surface area contributed by atoms with Crippen LogP contribution < -0.4 is 0 Å². The lowest BCUT2D eigenvalue weighted by Crippen LogP contribution is -2.35. The molecular formula is C29H30F4N2O5. The van der Waals surface area contributed by atoms with Crippen molar-refractivity contribution in [1.82, 2.24) is 9.55 Å². The van der Waals surface area contributed by atoms with Crippen molar-refractivity contribution in [2.24, 2.45) is 5.92 Å². The molecule has 1 saturated carbocycles. The topological polar surface area (TPSA) is 79.7 Å². The fourth-order valence-electron chi connectivity index (χ4n) is 6.17. The first-order valence-corrected chi connectivity index (χ1v) is 13.0. The highest BCUT2D eigenvalue weighted by molar-refractivity contribution is 5.89. The number of hydrogen-bond acceptors (Lipinski definition) is 6. The number of halogens is 4. The number of alkyl halides is 3. The van der Waals surface area contributed by atoms with Crippen LogP contribution in [0.3, 0.4) is 0 Å². The number of fused-ring (bicyclic) bond motifs is 1. The largest absolute Gasteiger partial charge is 0.469 e. The van der Waals surface area contributed by atoms with Crippen LogP contribution in [0.2, 0.25) is 0 Å². The minimum atomic E-state index is -4.68. The Balaban J connectivity index is 1.57. The molecule has 7 nitrogen and oxygen atoms in total. The number of esters is 1. The van der Waals surface area contributed by atoms with Crippen molar-refractivity contribution >= 4 is 23.1 Å². The molecule has 1 aliphatic carbocycles. The number of methoxy groups -OCH3 is 1. The Labute approximate surface area is 228 Å². The van der Waals surface area contributed by atoms with Crippen molar-refractivity contribution < 1.29 is 41.4 Å². The molecule has 1 saturated heterocycles. The summed E-state index contributed by atoms with van der Waals surface area (Å²) in [6.45, 7) is 5.06. The van der Waals surface area contributed by atoms with Crippen LogP contribution in [0.25, 0.3) is 11.0 Å². The zero-order valence-electron chi connectivity index (χ0n) is 22.5. The van der Waals surface area contributed by atoms with E-state index < -0.39 is 58.6 Å². The highest BCUT2D eigenvalue weighted by Crippen LogP contribution is 2.57. The second kappa shape index (κ2) is 9.87. The van der Waals surface area contributed by atoms with Gasteiger partial charge in [0.1, 0.15) is 17.7 Å². The molecule has 2 heterocycles. The molecule has 214 valence electrons. The summed E-state index contributed by atoms with van der Waals surface area (Å²) in [6, 6.07) is 7.77. The SMILES string of the molecule is COC(=O)C1CCC2(CC(c3cc(C(F)(F)F)cc4c3ncn4C(=O)OC(C)(C)C)CO2)C1c1ccc(F)cc1. The predicted molar refractivity (Wildman–Crippen MR) is 136 cm³/mol. The molecular weight excluding hydrogens is 532 g/mol. The maximum atomic E-state index is 14.0. The average molecular weight is 563 g/mol. The van der Waals surface area contributed by atoms with Crippen molar-refractivity contribution in [2.75, 3.05) is 13.7 Å². The standard InChI is InChI=1S/C29H30F4N2O5/c1-27(2,3)40-26(37)35-15-34-24-21(11-18(12-22(24)35)29(31,32)33)17-13-28(39-14-17)10-9-20(25(36)38-4)23(28)16-5-7-19(30)8-6-16/h5-8,11-12,15,17,20,23H,9-10,13-14H2,1-4H3. The summed E-state index contributed by atoms with van der Waals surface area (Å²) in [7, 11) is 1.30. The summed E-state index contributed by atoms with van der Waals surface area (Å²) in [4.78, 5) is 29.8. The van der Waals surface area contributed by atoms with E-state index in [4.69, 9.17) is 14.2 Å². The fraction of sp³-hybridized carbons (Fsp3) is 0.483. The van der Waals surface area contributed by atoms with Gasteiger partial charge in [0, 0.05) is 11.8 Å². The van der Waals surface area contributed by atoms with E-state index in [1.54, 1.807) is 32.9 Å². The minimum Gasteiger partial charge on any atom is -0.469 e. The second-order valence-corrected chi connectivity index (χ2v) is 11.5. The van der Waals surface area contributed by atoms with Crippen molar-refractivity contribution in [2.45, 2.75) is 69.2 Å². The Morgan fingerprint density at radius 2 is 1.82 bits per heavy atom. The highest BCUT2D eigenvalue weighted by Gasteiger charge is 2.57. The number of rotatable bonds is 3. The zero-order valence-corrected chi connectivity index (χ0v) is 22.5. The van der Waals surface area contributed by atoms with E-state index in [9.17, 15) is 27.2 Å². The summed E-state index contributed by atoms with van der Waals surface area (Å²) in [6.07, 6.45) is -3.13. The Morgan fingerprint density at radius 3 is 2.45 bits per heavy atom. The molecule has 11 heteroatoms. The van der Waals surface area contributed by atoms with Crippen LogP contribution in [0.1, 0.15) is 68.6 Å². The normalized spacial score (nSPS) is 25.1. The molecule has 3 aromatic rings. The molecule has 1 aliphatic heterocycles. The Morgan fingerprint density at radius 1 is 1.12 bits per heavy atom. The van der Waals surface area contributed by atoms with Gasteiger partial charge < -0.3 is 14.2 Å². The van der Waals surface area contributed by atoms with Crippen LogP contribution in [0, 0.1) is 11.7 Å². The number of aromatic nitrogens is 2. The van der Waals surface area contributed by atoms with Crippen LogP contribution in [0.15, 0.2) is 42.7 Å². The van der Waals surface area contributed by atoms with Gasteiger partial charge in [-0.1, -0.05) is 12.1 Å². The smallest absolute Gasteiger partial charge is 0.420 e. The summed E-state index contributed by atoms with van der Waals surface area (Å²) in [5, 5.41) is 0. The molecule has 0 amide bonds. The molecule has 0 radical (unpaired) electrons. The lowest BCUT2D eigenvalue weighted by molar-refractivity contribution is -0.147. The van der Waals surface area contributed by atoms with Crippen LogP contribution in [0.4, 0.5) is 22.4 Å². The number of imidazole rings is 1. The van der Waals surface area contributed by atoms with Gasteiger partial charge in [-0.05, 0) is 75.4 Å². The molecule has 2 aliphatic rings. The third kappa shape index (κ3) is 5.07.